The van der Waals surface area contributed by atoms with Crippen LogP contribution in [0.2, 0.25) is 0 Å². The number of hydrogen-bond acceptors (Lipinski definition) is 3. The molecule has 3 nitrogen and oxygen atoms in total. The standard InChI is InChI=1S/C18H31N3/c1-14(2)15-7-10-21(11-8-15)17-6-9-19-16(12-17)13-20-18(3,4)5/h6,9,12,14-15,20H,7-8,10-11,13H2,1-5H3. The highest BCUT2D eigenvalue weighted by Crippen LogP contribution is 2.27. The Morgan fingerprint density at radius 1 is 1.29 bits per heavy atom. The fraction of sp³-hybridized carbons (Fsp3) is 0.722. The third-order valence-electron chi connectivity index (χ3n) is 4.45. The first-order valence-corrected chi connectivity index (χ1v) is 8.30. The van der Waals surface area contributed by atoms with Crippen molar-refractivity contribution in [3.8, 4) is 0 Å². The molecule has 118 valence electrons. The monoisotopic (exact) mass is 289 g/mol. The molecule has 1 saturated heterocycles. The number of pyridine rings is 1. The van der Waals surface area contributed by atoms with Crippen molar-refractivity contribution in [2.45, 2.75) is 59.5 Å². The number of hydrogen-bond donors (Lipinski definition) is 1. The number of rotatable bonds is 4. The molecule has 0 radical (unpaired) electrons. The summed E-state index contributed by atoms with van der Waals surface area (Å²) in [5, 5.41) is 3.51. The molecule has 1 N–H and O–H groups in total. The summed E-state index contributed by atoms with van der Waals surface area (Å²) in [5.74, 6) is 1.71. The van der Waals surface area contributed by atoms with Gasteiger partial charge >= 0.3 is 0 Å². The van der Waals surface area contributed by atoms with Crippen molar-refractivity contribution in [1.82, 2.24) is 10.3 Å². The maximum Gasteiger partial charge on any atom is 0.0562 e. The van der Waals surface area contributed by atoms with Crippen molar-refractivity contribution < 1.29 is 0 Å². The van der Waals surface area contributed by atoms with Gasteiger partial charge in [0, 0.05) is 37.1 Å². The van der Waals surface area contributed by atoms with Crippen LogP contribution in [0.5, 0.6) is 0 Å². The summed E-state index contributed by atoms with van der Waals surface area (Å²) in [7, 11) is 0. The first-order valence-electron chi connectivity index (χ1n) is 8.30. The normalized spacial score (nSPS) is 17.5. The Labute approximate surface area is 130 Å². The lowest BCUT2D eigenvalue weighted by Gasteiger charge is -2.35. The second-order valence-corrected chi connectivity index (χ2v) is 7.68. The number of piperidine rings is 1. The van der Waals surface area contributed by atoms with Crippen LogP contribution in [0.15, 0.2) is 18.3 Å². The average molecular weight is 289 g/mol. The topological polar surface area (TPSA) is 28.2 Å². The summed E-state index contributed by atoms with van der Waals surface area (Å²) in [6, 6.07) is 4.39. The van der Waals surface area contributed by atoms with Crippen LogP contribution >= 0.6 is 0 Å². The molecule has 21 heavy (non-hydrogen) atoms. The molecule has 0 aromatic carbocycles. The van der Waals surface area contributed by atoms with Gasteiger partial charge in [0.15, 0.2) is 0 Å². The van der Waals surface area contributed by atoms with Crippen LogP contribution in [-0.2, 0) is 6.54 Å². The van der Waals surface area contributed by atoms with Crippen molar-refractivity contribution >= 4 is 5.69 Å². The summed E-state index contributed by atoms with van der Waals surface area (Å²) in [6.07, 6.45) is 4.58. The van der Waals surface area contributed by atoms with Crippen LogP contribution in [0, 0.1) is 11.8 Å². The Bertz CT molecular complexity index is 440. The van der Waals surface area contributed by atoms with E-state index < -0.39 is 0 Å². The molecule has 1 aliphatic heterocycles. The minimum atomic E-state index is 0.132. The highest BCUT2D eigenvalue weighted by Gasteiger charge is 2.21. The smallest absolute Gasteiger partial charge is 0.0562 e. The third kappa shape index (κ3) is 4.99. The second-order valence-electron chi connectivity index (χ2n) is 7.68. The molecule has 0 atom stereocenters. The molecule has 2 heterocycles. The predicted molar refractivity (Wildman–Crippen MR) is 90.6 cm³/mol. The van der Waals surface area contributed by atoms with Gasteiger partial charge in [-0.15, -0.1) is 0 Å². The predicted octanol–water partition coefficient (Wildman–Crippen LogP) is 3.84. The van der Waals surface area contributed by atoms with Crippen molar-refractivity contribution in [1.29, 1.82) is 0 Å². The van der Waals surface area contributed by atoms with Gasteiger partial charge < -0.3 is 10.2 Å². The fourth-order valence-electron chi connectivity index (χ4n) is 2.94. The van der Waals surface area contributed by atoms with E-state index in [4.69, 9.17) is 0 Å². The first kappa shape index (κ1) is 16.3. The first-order chi connectivity index (χ1) is 9.85. The zero-order valence-corrected chi connectivity index (χ0v) is 14.3. The van der Waals surface area contributed by atoms with Crippen LogP contribution in [0.4, 0.5) is 5.69 Å². The van der Waals surface area contributed by atoms with Gasteiger partial charge in [-0.2, -0.15) is 0 Å². The van der Waals surface area contributed by atoms with Crippen molar-refractivity contribution in [2.24, 2.45) is 11.8 Å². The van der Waals surface area contributed by atoms with E-state index in [-0.39, 0.29) is 5.54 Å². The van der Waals surface area contributed by atoms with Gasteiger partial charge in [0.05, 0.1) is 5.69 Å². The molecule has 0 spiro atoms. The Kier molecular flexibility index (Phi) is 5.26. The Balaban J connectivity index is 1.95. The average Bonchev–Trinajstić information content (AvgIpc) is 2.45. The van der Waals surface area contributed by atoms with Gasteiger partial charge in [0.1, 0.15) is 0 Å². The highest BCUT2D eigenvalue weighted by molar-refractivity contribution is 5.46. The van der Waals surface area contributed by atoms with E-state index in [0.29, 0.717) is 0 Å². The van der Waals surface area contributed by atoms with E-state index in [1.165, 1.54) is 31.6 Å². The van der Waals surface area contributed by atoms with Crippen molar-refractivity contribution in [2.75, 3.05) is 18.0 Å². The Morgan fingerprint density at radius 2 is 1.95 bits per heavy atom. The van der Waals surface area contributed by atoms with Gasteiger partial charge in [-0.1, -0.05) is 13.8 Å². The second kappa shape index (κ2) is 6.78. The van der Waals surface area contributed by atoms with Crippen molar-refractivity contribution in [3.05, 3.63) is 24.0 Å². The van der Waals surface area contributed by atoms with E-state index in [2.05, 4.69) is 62.0 Å². The SMILES string of the molecule is CC(C)C1CCN(c2ccnc(CNC(C)(C)C)c2)CC1. The van der Waals surface area contributed by atoms with Gasteiger partial charge in [-0.05, 0) is 57.6 Å². The summed E-state index contributed by atoms with van der Waals surface area (Å²) >= 11 is 0. The van der Waals surface area contributed by atoms with Crippen LogP contribution in [0.3, 0.4) is 0 Å². The van der Waals surface area contributed by atoms with E-state index in [1.807, 2.05) is 6.20 Å². The van der Waals surface area contributed by atoms with Crippen LogP contribution < -0.4 is 10.2 Å². The molecule has 1 aromatic heterocycles. The maximum atomic E-state index is 4.49. The molecule has 0 bridgehead atoms. The zero-order valence-electron chi connectivity index (χ0n) is 14.3. The Morgan fingerprint density at radius 3 is 2.52 bits per heavy atom. The summed E-state index contributed by atoms with van der Waals surface area (Å²) in [6.45, 7) is 14.5. The Hall–Kier alpha value is -1.09. The van der Waals surface area contributed by atoms with E-state index in [0.717, 1.165) is 24.1 Å². The van der Waals surface area contributed by atoms with Gasteiger partial charge in [0.2, 0.25) is 0 Å². The highest BCUT2D eigenvalue weighted by atomic mass is 15.1. The molecule has 3 heteroatoms. The number of anilines is 1. The van der Waals surface area contributed by atoms with E-state index in [9.17, 15) is 0 Å². The van der Waals surface area contributed by atoms with Crippen LogP contribution in [0.1, 0.15) is 53.2 Å². The minimum absolute atomic E-state index is 0.132. The zero-order chi connectivity index (χ0) is 15.5. The molecular weight excluding hydrogens is 258 g/mol. The summed E-state index contributed by atoms with van der Waals surface area (Å²) < 4.78 is 0. The van der Waals surface area contributed by atoms with Gasteiger partial charge in [0.25, 0.3) is 0 Å². The van der Waals surface area contributed by atoms with Gasteiger partial charge in [-0.25, -0.2) is 0 Å². The van der Waals surface area contributed by atoms with Crippen molar-refractivity contribution in [3.63, 3.8) is 0 Å². The quantitative estimate of drug-likeness (QED) is 0.912. The molecule has 0 amide bonds. The number of aromatic nitrogens is 1. The van der Waals surface area contributed by atoms with E-state index >= 15 is 0 Å². The van der Waals surface area contributed by atoms with Crippen LogP contribution in [-0.4, -0.2) is 23.6 Å². The molecular formula is C18H31N3. The molecule has 0 saturated carbocycles. The summed E-state index contributed by atoms with van der Waals surface area (Å²) in [4.78, 5) is 7.01. The molecule has 0 aliphatic carbocycles. The molecule has 0 unspecified atom stereocenters. The molecule has 1 fully saturated rings. The maximum absolute atomic E-state index is 4.49. The lowest BCUT2D eigenvalue weighted by molar-refractivity contribution is 0.311. The van der Waals surface area contributed by atoms with E-state index in [1.54, 1.807) is 0 Å². The molecule has 2 rings (SSSR count). The third-order valence-corrected chi connectivity index (χ3v) is 4.45. The molecule has 1 aliphatic rings. The lowest BCUT2D eigenvalue weighted by Crippen LogP contribution is -2.36. The summed E-state index contributed by atoms with van der Waals surface area (Å²) in [5.41, 5.74) is 2.60. The number of nitrogens with zero attached hydrogens (tertiary/aromatic N) is 2. The number of nitrogens with one attached hydrogen (secondary N) is 1. The molecule has 1 aromatic rings. The largest absolute Gasteiger partial charge is 0.371 e. The fourth-order valence-corrected chi connectivity index (χ4v) is 2.94. The van der Waals surface area contributed by atoms with Gasteiger partial charge in [-0.3, -0.25) is 4.98 Å². The lowest BCUT2D eigenvalue weighted by atomic mass is 9.86. The minimum Gasteiger partial charge on any atom is -0.371 e. The van der Waals surface area contributed by atoms with Crippen LogP contribution in [0.25, 0.3) is 0 Å².